The first-order chi connectivity index (χ1) is 11.9. The summed E-state index contributed by atoms with van der Waals surface area (Å²) >= 11 is 0. The van der Waals surface area contributed by atoms with Crippen molar-refractivity contribution in [2.75, 3.05) is 23.7 Å². The van der Waals surface area contributed by atoms with Crippen molar-refractivity contribution in [1.82, 2.24) is 5.32 Å². The number of anilines is 1. The molecule has 0 radical (unpaired) electrons. The van der Waals surface area contributed by atoms with Crippen molar-refractivity contribution in [3.63, 3.8) is 0 Å². The fourth-order valence-corrected chi connectivity index (χ4v) is 3.31. The van der Waals surface area contributed by atoms with Crippen LogP contribution in [0.5, 0.6) is 0 Å². The van der Waals surface area contributed by atoms with Gasteiger partial charge in [0.05, 0.1) is 18.5 Å². The number of sulfonamides is 1. The van der Waals surface area contributed by atoms with E-state index in [0.29, 0.717) is 18.5 Å². The second-order valence-corrected chi connectivity index (χ2v) is 7.55. The molecule has 25 heavy (non-hydrogen) atoms. The van der Waals surface area contributed by atoms with Crippen molar-refractivity contribution in [1.29, 1.82) is 0 Å². The lowest BCUT2D eigenvalue weighted by molar-refractivity contribution is -0.120. The molecule has 0 aromatic heterocycles. The highest BCUT2D eigenvalue weighted by Gasteiger charge is 2.17. The van der Waals surface area contributed by atoms with Crippen LogP contribution >= 0.6 is 0 Å². The van der Waals surface area contributed by atoms with Crippen LogP contribution in [0.15, 0.2) is 54.6 Å². The smallest absolute Gasteiger partial charge is 0.232 e. The molecule has 134 valence electrons. The summed E-state index contributed by atoms with van der Waals surface area (Å²) in [5.41, 5.74) is 1.43. The van der Waals surface area contributed by atoms with Crippen LogP contribution in [0.1, 0.15) is 12.0 Å². The van der Waals surface area contributed by atoms with Gasteiger partial charge in [0.15, 0.2) is 0 Å². The van der Waals surface area contributed by atoms with E-state index in [4.69, 9.17) is 0 Å². The molecule has 0 aliphatic rings. The number of hydrogen-bond donors (Lipinski definition) is 1. The Labute approximate surface area is 147 Å². The van der Waals surface area contributed by atoms with E-state index in [0.717, 1.165) is 16.1 Å². The quantitative estimate of drug-likeness (QED) is 0.782. The van der Waals surface area contributed by atoms with Crippen molar-refractivity contribution in [3.8, 4) is 0 Å². The lowest BCUT2D eigenvalue weighted by atomic mass is 10.1. The molecule has 0 fully saturated rings. The zero-order valence-corrected chi connectivity index (χ0v) is 14.8. The summed E-state index contributed by atoms with van der Waals surface area (Å²) in [6.45, 7) is 0.264. The van der Waals surface area contributed by atoms with Crippen LogP contribution < -0.4 is 9.62 Å². The molecule has 1 N–H and O–H groups in total. The van der Waals surface area contributed by atoms with E-state index in [9.17, 15) is 17.6 Å². The van der Waals surface area contributed by atoms with Crippen LogP contribution in [0.2, 0.25) is 0 Å². The number of carbonyl (C=O) groups excluding carboxylic acids is 1. The molecule has 0 bridgehead atoms. The summed E-state index contributed by atoms with van der Waals surface area (Å²) in [6, 6.07) is 14.8. The Morgan fingerprint density at radius 2 is 1.72 bits per heavy atom. The Kier molecular flexibility index (Phi) is 6.52. The molecule has 2 aromatic carbocycles. The molecule has 7 heteroatoms. The first-order valence-corrected chi connectivity index (χ1v) is 9.75. The van der Waals surface area contributed by atoms with Gasteiger partial charge in [0.2, 0.25) is 15.9 Å². The van der Waals surface area contributed by atoms with E-state index in [2.05, 4.69) is 5.32 Å². The molecule has 2 aromatic rings. The molecule has 0 spiro atoms. The molecule has 5 nitrogen and oxygen atoms in total. The Balaban J connectivity index is 1.86. The predicted octanol–water partition coefficient (Wildman–Crippen LogP) is 2.34. The van der Waals surface area contributed by atoms with Crippen LogP contribution in [-0.2, 0) is 21.2 Å². The van der Waals surface area contributed by atoms with Gasteiger partial charge in [0.1, 0.15) is 5.82 Å². The first kappa shape index (κ1) is 18.9. The van der Waals surface area contributed by atoms with E-state index >= 15 is 0 Å². The summed E-state index contributed by atoms with van der Waals surface area (Å²) in [6.07, 6.45) is 2.04. The topological polar surface area (TPSA) is 66.5 Å². The predicted molar refractivity (Wildman–Crippen MR) is 96.4 cm³/mol. The van der Waals surface area contributed by atoms with Gasteiger partial charge in [-0.1, -0.05) is 30.3 Å². The van der Waals surface area contributed by atoms with Gasteiger partial charge in [-0.15, -0.1) is 0 Å². The summed E-state index contributed by atoms with van der Waals surface area (Å²) in [7, 11) is -3.52. The molecule has 0 saturated carbocycles. The van der Waals surface area contributed by atoms with E-state index in [1.54, 1.807) is 0 Å². The number of halogens is 1. The van der Waals surface area contributed by atoms with Crippen molar-refractivity contribution >= 4 is 21.6 Å². The van der Waals surface area contributed by atoms with Crippen molar-refractivity contribution in [2.24, 2.45) is 0 Å². The number of amides is 1. The molecule has 1 amide bonds. The van der Waals surface area contributed by atoms with Gasteiger partial charge in [0, 0.05) is 13.0 Å². The number of rotatable bonds is 8. The van der Waals surface area contributed by atoms with E-state index < -0.39 is 15.8 Å². The molecule has 0 heterocycles. The monoisotopic (exact) mass is 364 g/mol. The number of aryl methyl sites for hydroxylation is 1. The summed E-state index contributed by atoms with van der Waals surface area (Å²) in [5.74, 6) is -0.581. The highest BCUT2D eigenvalue weighted by molar-refractivity contribution is 7.92. The summed E-state index contributed by atoms with van der Waals surface area (Å²) in [5, 5.41) is 2.72. The fraction of sp³-hybridized carbons (Fsp3) is 0.278. The number of nitrogens with zero attached hydrogens (tertiary/aromatic N) is 1. The third-order valence-electron chi connectivity index (χ3n) is 3.64. The normalized spacial score (nSPS) is 11.1. The maximum Gasteiger partial charge on any atom is 0.232 e. The number of nitrogens with one attached hydrogen (secondary N) is 1. The summed E-state index contributed by atoms with van der Waals surface area (Å²) < 4.78 is 38.0. The zero-order chi connectivity index (χ0) is 18.3. The number of hydrogen-bond acceptors (Lipinski definition) is 3. The third-order valence-corrected chi connectivity index (χ3v) is 4.83. The van der Waals surface area contributed by atoms with Crippen molar-refractivity contribution < 1.29 is 17.6 Å². The minimum atomic E-state index is -3.52. The highest BCUT2D eigenvalue weighted by atomic mass is 32.2. The lowest BCUT2D eigenvalue weighted by Crippen LogP contribution is -2.38. The van der Waals surface area contributed by atoms with Gasteiger partial charge in [0.25, 0.3) is 0 Å². The van der Waals surface area contributed by atoms with Crippen molar-refractivity contribution in [3.05, 3.63) is 66.0 Å². The van der Waals surface area contributed by atoms with Gasteiger partial charge >= 0.3 is 0 Å². The van der Waals surface area contributed by atoms with Crippen LogP contribution in [0, 0.1) is 5.82 Å². The number of benzene rings is 2. The molecular formula is C18H21FN2O3S. The van der Waals surface area contributed by atoms with E-state index in [1.807, 2.05) is 30.3 Å². The molecule has 0 unspecified atom stereocenters. The molecular weight excluding hydrogens is 343 g/mol. The molecule has 0 aliphatic carbocycles. The number of carbonyl (C=O) groups is 1. The van der Waals surface area contributed by atoms with E-state index in [1.165, 1.54) is 24.3 Å². The Bertz CT molecular complexity index is 793. The Hall–Kier alpha value is -2.41. The minimum absolute atomic E-state index is 0.0849. The van der Waals surface area contributed by atoms with Gasteiger partial charge < -0.3 is 5.32 Å². The van der Waals surface area contributed by atoms with Crippen molar-refractivity contribution in [2.45, 2.75) is 12.8 Å². The molecule has 0 atom stereocenters. The van der Waals surface area contributed by atoms with Gasteiger partial charge in [-0.05, 0) is 36.2 Å². The third kappa shape index (κ3) is 6.19. The average Bonchev–Trinajstić information content (AvgIpc) is 2.58. The first-order valence-electron chi connectivity index (χ1n) is 7.90. The highest BCUT2D eigenvalue weighted by Crippen LogP contribution is 2.17. The van der Waals surface area contributed by atoms with Gasteiger partial charge in [-0.25, -0.2) is 12.8 Å². The second kappa shape index (κ2) is 8.62. The Morgan fingerprint density at radius 1 is 1.08 bits per heavy atom. The van der Waals surface area contributed by atoms with Crippen LogP contribution in [-0.4, -0.2) is 33.7 Å². The molecule has 0 aliphatic heterocycles. The van der Waals surface area contributed by atoms with E-state index in [-0.39, 0.29) is 19.0 Å². The SMILES string of the molecule is CS(=O)(=O)N(CCNC(=O)CCc1ccccc1)c1ccc(F)cc1. The fourth-order valence-electron chi connectivity index (χ4n) is 2.38. The average molecular weight is 364 g/mol. The largest absolute Gasteiger partial charge is 0.354 e. The maximum absolute atomic E-state index is 13.0. The lowest BCUT2D eigenvalue weighted by Gasteiger charge is -2.22. The maximum atomic E-state index is 13.0. The van der Waals surface area contributed by atoms with Gasteiger partial charge in [-0.2, -0.15) is 0 Å². The summed E-state index contributed by atoms with van der Waals surface area (Å²) in [4.78, 5) is 11.9. The Morgan fingerprint density at radius 3 is 2.32 bits per heavy atom. The van der Waals surface area contributed by atoms with Crippen LogP contribution in [0.25, 0.3) is 0 Å². The molecule has 0 saturated heterocycles. The van der Waals surface area contributed by atoms with Crippen LogP contribution in [0.3, 0.4) is 0 Å². The molecule has 2 rings (SSSR count). The standard InChI is InChI=1S/C18H21FN2O3S/c1-25(23,24)21(17-10-8-16(19)9-11-17)14-13-20-18(22)12-7-15-5-3-2-4-6-15/h2-6,8-11H,7,12-14H2,1H3,(H,20,22). The zero-order valence-electron chi connectivity index (χ0n) is 14.0. The minimum Gasteiger partial charge on any atom is -0.354 e. The van der Waals surface area contributed by atoms with Crippen LogP contribution in [0.4, 0.5) is 10.1 Å². The second-order valence-electron chi connectivity index (χ2n) is 5.65. The van der Waals surface area contributed by atoms with Gasteiger partial charge in [-0.3, -0.25) is 9.10 Å².